The molecular formula is C13H20N2O4. The van der Waals surface area contributed by atoms with Gasteiger partial charge in [0.25, 0.3) is 0 Å². The van der Waals surface area contributed by atoms with Crippen molar-refractivity contribution in [2.75, 3.05) is 7.11 Å². The molecule has 1 rings (SSSR count). The van der Waals surface area contributed by atoms with Gasteiger partial charge in [0.15, 0.2) is 0 Å². The van der Waals surface area contributed by atoms with Gasteiger partial charge in [0.2, 0.25) is 0 Å². The maximum Gasteiger partial charge on any atom is 0.328 e. The highest BCUT2D eigenvalue weighted by Crippen LogP contribution is 2.09. The van der Waals surface area contributed by atoms with Crippen LogP contribution in [-0.4, -0.2) is 25.2 Å². The van der Waals surface area contributed by atoms with Gasteiger partial charge in [0.1, 0.15) is 11.8 Å². The summed E-state index contributed by atoms with van der Waals surface area (Å²) in [5.74, 6) is 0.206. The van der Waals surface area contributed by atoms with Crippen molar-refractivity contribution in [2.24, 2.45) is 5.92 Å². The van der Waals surface area contributed by atoms with E-state index in [4.69, 9.17) is 4.42 Å². The lowest BCUT2D eigenvalue weighted by Gasteiger charge is -2.21. The number of nitrogens with one attached hydrogen (secondary N) is 2. The van der Waals surface area contributed by atoms with Crippen LogP contribution < -0.4 is 10.6 Å². The first-order valence-corrected chi connectivity index (χ1v) is 6.23. The van der Waals surface area contributed by atoms with Gasteiger partial charge in [-0.2, -0.15) is 0 Å². The van der Waals surface area contributed by atoms with Gasteiger partial charge >= 0.3 is 12.0 Å². The van der Waals surface area contributed by atoms with Crippen molar-refractivity contribution in [3.8, 4) is 0 Å². The molecule has 0 aromatic carbocycles. The Morgan fingerprint density at radius 3 is 2.74 bits per heavy atom. The largest absolute Gasteiger partial charge is 0.467 e. The fraction of sp³-hybridized carbons (Fsp3) is 0.538. The molecule has 2 amide bonds. The minimum absolute atomic E-state index is 0.00168. The Morgan fingerprint density at radius 1 is 1.47 bits per heavy atom. The zero-order valence-corrected chi connectivity index (χ0v) is 11.4. The molecule has 2 atom stereocenters. The van der Waals surface area contributed by atoms with Crippen molar-refractivity contribution < 1.29 is 18.7 Å². The fourth-order valence-electron chi connectivity index (χ4n) is 1.57. The lowest BCUT2D eigenvalue weighted by molar-refractivity contribution is -0.144. The molecule has 6 heteroatoms. The van der Waals surface area contributed by atoms with E-state index in [0.29, 0.717) is 5.76 Å². The van der Waals surface area contributed by atoms with Crippen LogP contribution in [0.5, 0.6) is 0 Å². The molecule has 0 aliphatic rings. The molecule has 0 spiro atoms. The monoisotopic (exact) mass is 268 g/mol. The number of hydrogen-bond acceptors (Lipinski definition) is 4. The summed E-state index contributed by atoms with van der Waals surface area (Å²) in [6, 6.07) is 2.43. The lowest BCUT2D eigenvalue weighted by atomic mass is 9.99. The Bertz CT molecular complexity index is 403. The van der Waals surface area contributed by atoms with Crippen molar-refractivity contribution in [2.45, 2.75) is 32.9 Å². The van der Waals surface area contributed by atoms with E-state index in [-0.39, 0.29) is 12.5 Å². The molecule has 0 saturated heterocycles. The Labute approximate surface area is 112 Å². The van der Waals surface area contributed by atoms with E-state index < -0.39 is 18.0 Å². The Balaban J connectivity index is 2.48. The molecule has 19 heavy (non-hydrogen) atoms. The molecule has 1 aromatic heterocycles. The summed E-state index contributed by atoms with van der Waals surface area (Å²) in [4.78, 5) is 23.3. The van der Waals surface area contributed by atoms with Gasteiger partial charge in [-0.1, -0.05) is 20.3 Å². The maximum atomic E-state index is 11.7. The fourth-order valence-corrected chi connectivity index (χ4v) is 1.57. The number of amides is 2. The van der Waals surface area contributed by atoms with Crippen LogP contribution in [0.1, 0.15) is 26.0 Å². The zero-order valence-electron chi connectivity index (χ0n) is 11.4. The van der Waals surface area contributed by atoms with Crippen LogP contribution in [0.4, 0.5) is 4.79 Å². The zero-order chi connectivity index (χ0) is 14.3. The minimum Gasteiger partial charge on any atom is -0.467 e. The van der Waals surface area contributed by atoms with E-state index in [1.54, 1.807) is 12.1 Å². The van der Waals surface area contributed by atoms with Crippen molar-refractivity contribution in [3.05, 3.63) is 24.2 Å². The molecule has 0 bridgehead atoms. The number of urea groups is 1. The Morgan fingerprint density at radius 2 is 2.21 bits per heavy atom. The second-order valence-electron chi connectivity index (χ2n) is 4.29. The highest BCUT2D eigenvalue weighted by molar-refractivity contribution is 5.83. The molecule has 1 heterocycles. The predicted molar refractivity (Wildman–Crippen MR) is 69.3 cm³/mol. The van der Waals surface area contributed by atoms with Gasteiger partial charge in [0, 0.05) is 0 Å². The Hall–Kier alpha value is -1.98. The number of furan rings is 1. The van der Waals surface area contributed by atoms with Crippen LogP contribution >= 0.6 is 0 Å². The topological polar surface area (TPSA) is 80.6 Å². The third-order valence-electron chi connectivity index (χ3n) is 2.96. The van der Waals surface area contributed by atoms with Crippen molar-refractivity contribution in [1.82, 2.24) is 10.6 Å². The first kappa shape index (κ1) is 15.1. The first-order valence-electron chi connectivity index (χ1n) is 6.23. The second kappa shape index (κ2) is 7.45. The van der Waals surface area contributed by atoms with Crippen LogP contribution in [0.2, 0.25) is 0 Å². The molecule has 6 nitrogen and oxygen atoms in total. The highest BCUT2D eigenvalue weighted by atomic mass is 16.5. The number of rotatable bonds is 6. The number of carbonyl (C=O) groups excluding carboxylic acids is 2. The van der Waals surface area contributed by atoms with Gasteiger partial charge in [-0.25, -0.2) is 9.59 Å². The minimum atomic E-state index is -0.647. The standard InChI is InChI=1S/C13H20N2O4/c1-4-9(2)11(12(16)18-3)15-13(17)14-8-10-6-5-7-19-10/h5-7,9,11H,4,8H2,1-3H3,(H2,14,15,17)/t9-,11+/m1/s1. The average Bonchev–Trinajstić information content (AvgIpc) is 2.94. The van der Waals surface area contributed by atoms with E-state index in [1.165, 1.54) is 13.4 Å². The third kappa shape index (κ3) is 4.65. The van der Waals surface area contributed by atoms with E-state index in [9.17, 15) is 9.59 Å². The summed E-state index contributed by atoms with van der Waals surface area (Å²) in [7, 11) is 1.31. The van der Waals surface area contributed by atoms with Gasteiger partial charge in [-0.15, -0.1) is 0 Å². The number of hydrogen-bond donors (Lipinski definition) is 2. The lowest BCUT2D eigenvalue weighted by Crippen LogP contribution is -2.49. The van der Waals surface area contributed by atoms with Crippen LogP contribution in [-0.2, 0) is 16.1 Å². The number of carbonyl (C=O) groups is 2. The predicted octanol–water partition coefficient (Wildman–Crippen LogP) is 1.67. The summed E-state index contributed by atoms with van der Waals surface area (Å²) in [5, 5.41) is 5.24. The first-order chi connectivity index (χ1) is 9.08. The van der Waals surface area contributed by atoms with Crippen LogP contribution in [0.15, 0.2) is 22.8 Å². The van der Waals surface area contributed by atoms with Crippen LogP contribution in [0, 0.1) is 5.92 Å². The molecule has 0 aliphatic heterocycles. The van der Waals surface area contributed by atoms with Gasteiger partial charge < -0.3 is 19.8 Å². The summed E-state index contributed by atoms with van der Waals surface area (Å²) in [5.41, 5.74) is 0. The van der Waals surface area contributed by atoms with E-state index in [0.717, 1.165) is 6.42 Å². The smallest absolute Gasteiger partial charge is 0.328 e. The van der Waals surface area contributed by atoms with Gasteiger partial charge in [0.05, 0.1) is 19.9 Å². The molecule has 0 fully saturated rings. The average molecular weight is 268 g/mol. The van der Waals surface area contributed by atoms with Crippen LogP contribution in [0.25, 0.3) is 0 Å². The van der Waals surface area contributed by atoms with E-state index in [2.05, 4.69) is 15.4 Å². The van der Waals surface area contributed by atoms with E-state index >= 15 is 0 Å². The van der Waals surface area contributed by atoms with Gasteiger partial charge in [-0.3, -0.25) is 0 Å². The molecule has 0 saturated carbocycles. The maximum absolute atomic E-state index is 11.7. The number of esters is 1. The SMILES string of the molecule is CC[C@@H](C)[C@H](NC(=O)NCc1ccco1)C(=O)OC. The highest BCUT2D eigenvalue weighted by Gasteiger charge is 2.26. The summed E-state index contributed by atoms with van der Waals surface area (Å²) < 4.78 is 9.78. The number of methoxy groups -OCH3 is 1. The molecule has 106 valence electrons. The molecule has 1 aromatic rings. The summed E-state index contributed by atoms with van der Waals surface area (Å²) in [6.45, 7) is 4.10. The van der Waals surface area contributed by atoms with E-state index in [1.807, 2.05) is 13.8 Å². The second-order valence-corrected chi connectivity index (χ2v) is 4.29. The van der Waals surface area contributed by atoms with Crippen LogP contribution in [0.3, 0.4) is 0 Å². The summed E-state index contributed by atoms with van der Waals surface area (Å²) >= 11 is 0. The van der Waals surface area contributed by atoms with Crippen molar-refractivity contribution in [1.29, 1.82) is 0 Å². The molecule has 0 radical (unpaired) electrons. The van der Waals surface area contributed by atoms with Crippen molar-refractivity contribution in [3.63, 3.8) is 0 Å². The Kier molecular flexibility index (Phi) is 5.92. The number of ether oxygens (including phenoxy) is 1. The quantitative estimate of drug-likeness (QED) is 0.769. The molecule has 2 N–H and O–H groups in total. The normalized spacial score (nSPS) is 13.4. The molecule has 0 unspecified atom stereocenters. The molecular weight excluding hydrogens is 248 g/mol. The third-order valence-corrected chi connectivity index (χ3v) is 2.96. The van der Waals surface area contributed by atoms with Crippen molar-refractivity contribution >= 4 is 12.0 Å². The summed E-state index contributed by atoms with van der Waals surface area (Å²) in [6.07, 6.45) is 2.30. The van der Waals surface area contributed by atoms with Gasteiger partial charge in [-0.05, 0) is 18.1 Å². The molecule has 0 aliphatic carbocycles.